The molecule has 0 aliphatic heterocycles. The minimum atomic E-state index is -1.77. The van der Waals surface area contributed by atoms with Gasteiger partial charge in [-0.15, -0.1) is 0 Å². The van der Waals surface area contributed by atoms with Crippen molar-refractivity contribution in [3.8, 4) is 5.75 Å². The van der Waals surface area contributed by atoms with Crippen molar-refractivity contribution in [1.29, 1.82) is 0 Å². The van der Waals surface area contributed by atoms with Crippen LogP contribution >= 0.6 is 0 Å². The number of hydrogen-bond donors (Lipinski definition) is 15. The standard InChI is InChI=1S/C59H90N16O14/c1-31(2)16-38(21-46(79)32(3)8-6-14-68-58(62)63)56(88)73-44(24-42-27-67-30-71-42)49(82)23-40(28-76)57(89)75-52(34(5)77)50(83)19-36(9-7-15-69-59(64)65)54(86)74-45(25-51(60)84)48(81)22-39(17-35-10-12-43(78)13-11-35)55(87)72-33(4)47(80)20-37(53(61)85)18-41-26-66-29-70-41/h10-13,26-27,29-34,36-40,44-45,52,76-78H,6-9,14-25,28H2,1-5H3,(H2,60,84)(H2,61,85)(H,66,70)(H,67,71)(H,72,87)(H,73,88)(H,74,86)(H,75,89)(H4,62,63,68)(H4,64,65,69)/t32-,33-,34+,36+,37+,38+,39+,40-,44-,45-,52-/m0/s1. The van der Waals surface area contributed by atoms with E-state index in [0.717, 1.165) is 0 Å². The van der Waals surface area contributed by atoms with Crippen LogP contribution in [0, 0.1) is 41.4 Å². The van der Waals surface area contributed by atoms with Crippen molar-refractivity contribution in [2.24, 2.45) is 85.8 Å². The quantitative estimate of drug-likeness (QED) is 0.0169. The van der Waals surface area contributed by atoms with Gasteiger partial charge in [0.25, 0.3) is 0 Å². The number of amides is 6. The fourth-order valence-electron chi connectivity index (χ4n) is 9.88. The lowest BCUT2D eigenvalue weighted by atomic mass is 9.86. The van der Waals surface area contributed by atoms with E-state index < -0.39 is 157 Å². The molecule has 30 nitrogen and oxygen atoms in total. The number of aliphatic hydroxyl groups excluding tert-OH is 2. The minimum absolute atomic E-state index is 0.0381. The fraction of sp³-hybridized carbons (Fsp3) is 0.576. The van der Waals surface area contributed by atoms with Crippen LogP contribution in [0.3, 0.4) is 0 Å². The van der Waals surface area contributed by atoms with Gasteiger partial charge in [0, 0.05) is 105 Å². The number of aromatic hydroxyl groups is 1. The first kappa shape index (κ1) is 74.3. The number of carbonyl (C=O) groups is 11. The summed E-state index contributed by atoms with van der Waals surface area (Å²) in [5.74, 6) is -15.5. The van der Waals surface area contributed by atoms with Gasteiger partial charge < -0.3 is 81.0 Å². The summed E-state index contributed by atoms with van der Waals surface area (Å²) in [4.78, 5) is 173. The maximum absolute atomic E-state index is 14.4. The first-order valence-electron chi connectivity index (χ1n) is 29.5. The smallest absolute Gasteiger partial charge is 0.226 e. The Bertz CT molecular complexity index is 2890. The third-order valence-corrected chi connectivity index (χ3v) is 14.9. The Morgan fingerprint density at radius 2 is 1.03 bits per heavy atom. The highest BCUT2D eigenvalue weighted by atomic mass is 16.3. The molecule has 0 radical (unpaired) electrons. The van der Waals surface area contributed by atoms with Crippen molar-refractivity contribution >= 4 is 76.3 Å². The molecule has 0 fully saturated rings. The van der Waals surface area contributed by atoms with Gasteiger partial charge in [0.1, 0.15) is 17.6 Å². The zero-order valence-electron chi connectivity index (χ0n) is 51.2. The number of carbonyl (C=O) groups excluding carboxylic acids is 11. The lowest BCUT2D eigenvalue weighted by Crippen LogP contribution is -2.52. The summed E-state index contributed by atoms with van der Waals surface area (Å²) in [5, 5.41) is 41.7. The van der Waals surface area contributed by atoms with Crippen molar-refractivity contribution in [3.05, 3.63) is 66.3 Å². The second-order valence-corrected chi connectivity index (χ2v) is 23.0. The Labute approximate surface area is 516 Å². The number of H-pyrrole nitrogens is 2. The Hall–Kier alpha value is -8.93. The van der Waals surface area contributed by atoms with E-state index in [2.05, 4.69) is 51.2 Å². The number of ketones is 5. The molecule has 30 heteroatoms. The molecule has 0 bridgehead atoms. The summed E-state index contributed by atoms with van der Waals surface area (Å²) in [5.41, 5.74) is 34.5. The molecule has 2 aromatic heterocycles. The predicted molar refractivity (Wildman–Crippen MR) is 326 cm³/mol. The van der Waals surface area contributed by atoms with Crippen molar-refractivity contribution < 1.29 is 68.1 Å². The average molecular weight is 1250 g/mol. The molecule has 2 heterocycles. The summed E-state index contributed by atoms with van der Waals surface area (Å²) < 4.78 is 0. The lowest BCUT2D eigenvalue weighted by molar-refractivity contribution is -0.138. The van der Waals surface area contributed by atoms with Crippen LogP contribution in [-0.2, 0) is 72.0 Å². The van der Waals surface area contributed by atoms with Gasteiger partial charge in [0.05, 0.1) is 61.7 Å². The van der Waals surface area contributed by atoms with Gasteiger partial charge in [-0.2, -0.15) is 0 Å². The van der Waals surface area contributed by atoms with E-state index in [1.165, 1.54) is 63.2 Å². The van der Waals surface area contributed by atoms with Crippen molar-refractivity contribution in [2.75, 3.05) is 19.7 Å². The SMILES string of the molecule is CC(C)C[C@H](CC(=O)[C@@H](C)CCCN=C(N)N)C(=O)N[C@@H](Cc1cnc[nH]1)C(=O)C[C@@H](CO)C(=O)N[C@H](C(=O)C[C@@H](CCCN=C(N)N)C(=O)N[C@@H](CC(N)=O)C(=O)C[C@@H](Cc1ccc(O)cc1)C(=O)N[C@@H](C)C(=O)C[C@@H](Cc1cnc[nH]1)C(N)=O)[C@@H](C)O. The van der Waals surface area contributed by atoms with Crippen LogP contribution in [0.25, 0.3) is 0 Å². The molecule has 3 aromatic rings. The number of nitrogens with two attached hydrogens (primary N) is 6. The van der Waals surface area contributed by atoms with Crippen LogP contribution < -0.4 is 55.7 Å². The molecule has 89 heavy (non-hydrogen) atoms. The van der Waals surface area contributed by atoms with Gasteiger partial charge in [0.2, 0.25) is 35.4 Å². The maximum atomic E-state index is 14.4. The summed E-state index contributed by atoms with van der Waals surface area (Å²) in [7, 11) is 0. The van der Waals surface area contributed by atoms with Crippen LogP contribution in [0.5, 0.6) is 5.75 Å². The van der Waals surface area contributed by atoms with Crippen molar-refractivity contribution in [2.45, 2.75) is 155 Å². The van der Waals surface area contributed by atoms with E-state index in [0.29, 0.717) is 36.3 Å². The molecule has 0 spiro atoms. The predicted octanol–water partition coefficient (Wildman–Crippen LogP) is -1.77. The van der Waals surface area contributed by atoms with Crippen LogP contribution in [0.2, 0.25) is 0 Å². The molecule has 6 amide bonds. The van der Waals surface area contributed by atoms with Crippen LogP contribution in [0.4, 0.5) is 0 Å². The molecule has 490 valence electrons. The molecule has 0 unspecified atom stereocenters. The number of phenolic OH excluding ortho intramolecular Hbond substituents is 1. The first-order chi connectivity index (χ1) is 42.0. The number of aliphatic imine (C=N–C) groups is 2. The van der Waals surface area contributed by atoms with Crippen LogP contribution in [0.15, 0.2) is 59.3 Å². The second-order valence-electron chi connectivity index (χ2n) is 23.0. The van der Waals surface area contributed by atoms with Gasteiger partial charge in [-0.1, -0.05) is 32.9 Å². The number of guanidine groups is 2. The van der Waals surface area contributed by atoms with Crippen LogP contribution in [-0.4, -0.2) is 162 Å². The number of rotatable bonds is 44. The Balaban J connectivity index is 1.87. The zero-order valence-corrected chi connectivity index (χ0v) is 51.2. The number of imidazole rings is 2. The van der Waals surface area contributed by atoms with Crippen LogP contribution in [0.1, 0.15) is 122 Å². The topological polar surface area (TPSA) is 535 Å². The highest BCUT2D eigenvalue weighted by Gasteiger charge is 2.37. The molecule has 0 saturated carbocycles. The van der Waals surface area contributed by atoms with Gasteiger partial charge in [-0.25, -0.2) is 9.97 Å². The van der Waals surface area contributed by atoms with Gasteiger partial charge in [-0.3, -0.25) is 62.7 Å². The normalized spacial score (nSPS) is 15.0. The second kappa shape index (κ2) is 37.7. The molecule has 1 aromatic carbocycles. The number of benzene rings is 1. The summed E-state index contributed by atoms with van der Waals surface area (Å²) >= 11 is 0. The molecule has 0 saturated heterocycles. The van der Waals surface area contributed by atoms with Crippen molar-refractivity contribution in [3.63, 3.8) is 0 Å². The number of nitrogens with one attached hydrogen (secondary N) is 6. The molecule has 0 aliphatic rings. The number of aliphatic hydroxyl groups is 2. The minimum Gasteiger partial charge on any atom is -0.508 e. The van der Waals surface area contributed by atoms with Gasteiger partial charge in [0.15, 0.2) is 35.1 Å². The zero-order chi connectivity index (χ0) is 66.5. The number of Topliss-reactive ketones (excluding diaryl/α,β-unsaturated/α-hetero) is 5. The van der Waals surface area contributed by atoms with E-state index in [4.69, 9.17) is 34.4 Å². The lowest BCUT2D eigenvalue weighted by Gasteiger charge is -2.27. The summed E-state index contributed by atoms with van der Waals surface area (Å²) in [6.45, 7) is 7.36. The highest BCUT2D eigenvalue weighted by Crippen LogP contribution is 2.24. The first-order valence-corrected chi connectivity index (χ1v) is 29.5. The Kier molecular flexibility index (Phi) is 31.5. The third kappa shape index (κ3) is 27.3. The van der Waals surface area contributed by atoms with E-state index in [1.807, 2.05) is 13.8 Å². The summed E-state index contributed by atoms with van der Waals surface area (Å²) in [6.07, 6.45) is 1.58. The highest BCUT2D eigenvalue weighted by molar-refractivity contribution is 5.99. The number of primary amides is 2. The number of aromatic amines is 2. The monoisotopic (exact) mass is 1250 g/mol. The third-order valence-electron chi connectivity index (χ3n) is 14.9. The van der Waals surface area contributed by atoms with E-state index in [9.17, 15) is 68.1 Å². The summed E-state index contributed by atoms with van der Waals surface area (Å²) in [6, 6.07) is -0.308. The Morgan fingerprint density at radius 1 is 0.539 bits per heavy atom. The maximum Gasteiger partial charge on any atom is 0.226 e. The number of hydrogen-bond acceptors (Lipinski definition) is 18. The average Bonchev–Trinajstić information content (AvgIpc) is 4.41. The largest absolute Gasteiger partial charge is 0.508 e. The molecular formula is C59H90N16O14. The molecule has 21 N–H and O–H groups in total. The molecular weight excluding hydrogens is 1160 g/mol. The molecule has 11 atom stereocenters. The molecule has 3 rings (SSSR count). The van der Waals surface area contributed by atoms with Crippen molar-refractivity contribution in [1.82, 2.24) is 41.2 Å². The number of aromatic nitrogens is 4. The van der Waals surface area contributed by atoms with E-state index in [-0.39, 0.29) is 87.3 Å². The fourth-order valence-corrected chi connectivity index (χ4v) is 9.88. The number of nitrogens with zero attached hydrogens (tertiary/aromatic N) is 4. The number of phenols is 1. The van der Waals surface area contributed by atoms with Gasteiger partial charge in [-0.05, 0) is 76.0 Å². The molecule has 0 aliphatic carbocycles. The Morgan fingerprint density at radius 3 is 1.56 bits per heavy atom. The van der Waals surface area contributed by atoms with Gasteiger partial charge >= 0.3 is 0 Å². The van der Waals surface area contributed by atoms with E-state index in [1.54, 1.807) is 6.92 Å². The van der Waals surface area contributed by atoms with E-state index >= 15 is 0 Å².